The zero-order valence-corrected chi connectivity index (χ0v) is 11.9. The quantitative estimate of drug-likeness (QED) is 0.817. The van der Waals surface area contributed by atoms with Crippen molar-refractivity contribution in [2.24, 2.45) is 0 Å². The molecule has 2 aromatic rings. The third kappa shape index (κ3) is 2.90. The van der Waals surface area contributed by atoms with Gasteiger partial charge in [0.15, 0.2) is 11.5 Å². The molecule has 0 saturated heterocycles. The third-order valence-corrected chi connectivity index (χ3v) is 3.48. The Morgan fingerprint density at radius 2 is 1.37 bits per heavy atom. The Labute approximate surface area is 115 Å². The predicted molar refractivity (Wildman–Crippen MR) is 78.2 cm³/mol. The van der Waals surface area contributed by atoms with Crippen molar-refractivity contribution < 1.29 is 9.47 Å². The Hall–Kier alpha value is -1.96. The molecular weight excluding hydrogens is 236 g/mol. The van der Waals surface area contributed by atoms with Gasteiger partial charge in [-0.2, -0.15) is 0 Å². The van der Waals surface area contributed by atoms with Crippen molar-refractivity contribution in [3.05, 3.63) is 59.2 Å². The van der Waals surface area contributed by atoms with Gasteiger partial charge >= 0.3 is 0 Å². The molecule has 0 radical (unpaired) electrons. The van der Waals surface area contributed by atoms with Crippen LogP contribution in [0.15, 0.2) is 42.5 Å². The molecule has 1 atom stereocenters. The summed E-state index contributed by atoms with van der Waals surface area (Å²) in [6, 6.07) is 14.7. The van der Waals surface area contributed by atoms with Crippen LogP contribution in [0.1, 0.15) is 29.5 Å². The topological polar surface area (TPSA) is 18.5 Å². The average molecular weight is 256 g/mol. The van der Waals surface area contributed by atoms with Crippen molar-refractivity contribution in [1.29, 1.82) is 0 Å². The van der Waals surface area contributed by atoms with E-state index in [1.807, 2.05) is 12.1 Å². The molecule has 0 bridgehead atoms. The summed E-state index contributed by atoms with van der Waals surface area (Å²) in [6.45, 7) is 4.30. The molecule has 0 aromatic heterocycles. The molecule has 19 heavy (non-hydrogen) atoms. The standard InChI is InChI=1S/C17H20O2/c1-12-5-7-14(8-6-12)13(2)15-9-10-16(18-3)17(11-15)19-4/h5-11,13H,1-4H3. The van der Waals surface area contributed by atoms with E-state index in [1.54, 1.807) is 14.2 Å². The first kappa shape index (κ1) is 13.5. The van der Waals surface area contributed by atoms with E-state index in [0.29, 0.717) is 5.92 Å². The Morgan fingerprint density at radius 3 is 1.95 bits per heavy atom. The number of rotatable bonds is 4. The van der Waals surface area contributed by atoms with Gasteiger partial charge in [-0.15, -0.1) is 0 Å². The van der Waals surface area contributed by atoms with E-state index in [4.69, 9.17) is 9.47 Å². The predicted octanol–water partition coefficient (Wildman–Crippen LogP) is 4.16. The molecule has 2 nitrogen and oxygen atoms in total. The molecule has 2 aromatic carbocycles. The molecule has 0 aliphatic carbocycles. The van der Waals surface area contributed by atoms with Crippen LogP contribution in [-0.2, 0) is 0 Å². The SMILES string of the molecule is COc1ccc(C(C)c2ccc(C)cc2)cc1OC. The lowest BCUT2D eigenvalue weighted by molar-refractivity contribution is 0.354. The summed E-state index contributed by atoms with van der Waals surface area (Å²) < 4.78 is 10.6. The van der Waals surface area contributed by atoms with E-state index in [0.717, 1.165) is 11.5 Å². The highest BCUT2D eigenvalue weighted by molar-refractivity contribution is 5.46. The molecule has 0 amide bonds. The van der Waals surface area contributed by atoms with Gasteiger partial charge in [-0.05, 0) is 30.2 Å². The van der Waals surface area contributed by atoms with Crippen LogP contribution in [0.4, 0.5) is 0 Å². The van der Waals surface area contributed by atoms with E-state index in [9.17, 15) is 0 Å². The fourth-order valence-corrected chi connectivity index (χ4v) is 2.17. The lowest BCUT2D eigenvalue weighted by Gasteiger charge is -2.15. The second-order valence-corrected chi connectivity index (χ2v) is 4.75. The van der Waals surface area contributed by atoms with Gasteiger partial charge in [-0.1, -0.05) is 42.8 Å². The average Bonchev–Trinajstić information content (AvgIpc) is 2.46. The molecule has 0 aliphatic rings. The fourth-order valence-electron chi connectivity index (χ4n) is 2.17. The summed E-state index contributed by atoms with van der Waals surface area (Å²) in [6.07, 6.45) is 0. The third-order valence-electron chi connectivity index (χ3n) is 3.48. The van der Waals surface area contributed by atoms with Crippen LogP contribution in [0.3, 0.4) is 0 Å². The van der Waals surface area contributed by atoms with Crippen molar-refractivity contribution in [3.63, 3.8) is 0 Å². The van der Waals surface area contributed by atoms with Gasteiger partial charge in [0.25, 0.3) is 0 Å². The summed E-state index contributed by atoms with van der Waals surface area (Å²) in [5, 5.41) is 0. The summed E-state index contributed by atoms with van der Waals surface area (Å²) in [4.78, 5) is 0. The number of ether oxygens (including phenoxy) is 2. The molecule has 2 heteroatoms. The highest BCUT2D eigenvalue weighted by Gasteiger charge is 2.11. The lowest BCUT2D eigenvalue weighted by atomic mass is 9.92. The van der Waals surface area contributed by atoms with Gasteiger partial charge in [0.05, 0.1) is 14.2 Å². The normalized spacial score (nSPS) is 12.0. The molecule has 0 N–H and O–H groups in total. The maximum absolute atomic E-state index is 5.36. The van der Waals surface area contributed by atoms with E-state index in [-0.39, 0.29) is 0 Å². The summed E-state index contributed by atoms with van der Waals surface area (Å²) in [7, 11) is 3.32. The second kappa shape index (κ2) is 5.79. The molecule has 0 heterocycles. The minimum atomic E-state index is 0.334. The van der Waals surface area contributed by atoms with Gasteiger partial charge in [0, 0.05) is 5.92 Å². The highest BCUT2D eigenvalue weighted by Crippen LogP contribution is 2.33. The van der Waals surface area contributed by atoms with Crippen LogP contribution < -0.4 is 9.47 Å². The van der Waals surface area contributed by atoms with Crippen LogP contribution >= 0.6 is 0 Å². The summed E-state index contributed by atoms with van der Waals surface area (Å²) >= 11 is 0. The second-order valence-electron chi connectivity index (χ2n) is 4.75. The highest BCUT2D eigenvalue weighted by atomic mass is 16.5. The number of methoxy groups -OCH3 is 2. The summed E-state index contributed by atoms with van der Waals surface area (Å²) in [5.74, 6) is 1.88. The van der Waals surface area contributed by atoms with Crippen molar-refractivity contribution in [1.82, 2.24) is 0 Å². The van der Waals surface area contributed by atoms with Crippen molar-refractivity contribution >= 4 is 0 Å². The van der Waals surface area contributed by atoms with E-state index >= 15 is 0 Å². The first-order valence-electron chi connectivity index (χ1n) is 6.44. The minimum Gasteiger partial charge on any atom is -0.493 e. The van der Waals surface area contributed by atoms with Crippen molar-refractivity contribution in [2.45, 2.75) is 19.8 Å². The number of hydrogen-bond donors (Lipinski definition) is 0. The lowest BCUT2D eigenvalue weighted by Crippen LogP contribution is -1.98. The summed E-state index contributed by atoms with van der Waals surface area (Å²) in [5.41, 5.74) is 3.81. The van der Waals surface area contributed by atoms with Crippen LogP contribution in [-0.4, -0.2) is 14.2 Å². The maximum atomic E-state index is 5.36. The van der Waals surface area contributed by atoms with Crippen molar-refractivity contribution in [2.75, 3.05) is 14.2 Å². The molecule has 2 rings (SSSR count). The van der Waals surface area contributed by atoms with E-state index < -0.39 is 0 Å². The van der Waals surface area contributed by atoms with E-state index in [1.165, 1.54) is 16.7 Å². The zero-order valence-electron chi connectivity index (χ0n) is 11.9. The monoisotopic (exact) mass is 256 g/mol. The number of hydrogen-bond acceptors (Lipinski definition) is 2. The maximum Gasteiger partial charge on any atom is 0.161 e. The largest absolute Gasteiger partial charge is 0.493 e. The number of benzene rings is 2. The van der Waals surface area contributed by atoms with Gasteiger partial charge in [-0.3, -0.25) is 0 Å². The first-order chi connectivity index (χ1) is 9.15. The zero-order chi connectivity index (χ0) is 13.8. The Kier molecular flexibility index (Phi) is 4.10. The first-order valence-corrected chi connectivity index (χ1v) is 6.44. The Bertz CT molecular complexity index is 544. The smallest absolute Gasteiger partial charge is 0.161 e. The van der Waals surface area contributed by atoms with Crippen LogP contribution in [0.5, 0.6) is 11.5 Å². The fraction of sp³-hybridized carbons (Fsp3) is 0.294. The molecule has 0 saturated carbocycles. The van der Waals surface area contributed by atoms with Gasteiger partial charge in [0.2, 0.25) is 0 Å². The number of aryl methyl sites for hydroxylation is 1. The molecular formula is C17H20O2. The van der Waals surface area contributed by atoms with Crippen LogP contribution in [0.25, 0.3) is 0 Å². The molecule has 0 fully saturated rings. The minimum absolute atomic E-state index is 0.334. The van der Waals surface area contributed by atoms with Gasteiger partial charge in [0.1, 0.15) is 0 Å². The molecule has 0 spiro atoms. The van der Waals surface area contributed by atoms with Gasteiger partial charge in [-0.25, -0.2) is 0 Å². The Balaban J connectivity index is 2.33. The van der Waals surface area contributed by atoms with E-state index in [2.05, 4.69) is 44.2 Å². The van der Waals surface area contributed by atoms with Gasteiger partial charge < -0.3 is 9.47 Å². The van der Waals surface area contributed by atoms with Crippen molar-refractivity contribution in [3.8, 4) is 11.5 Å². The van der Waals surface area contributed by atoms with Crippen LogP contribution in [0.2, 0.25) is 0 Å². The molecule has 1 unspecified atom stereocenters. The molecule has 0 aliphatic heterocycles. The molecule has 100 valence electrons. The van der Waals surface area contributed by atoms with Crippen LogP contribution in [0, 0.1) is 6.92 Å². The Morgan fingerprint density at radius 1 is 0.789 bits per heavy atom.